The van der Waals surface area contributed by atoms with Gasteiger partial charge in [0.25, 0.3) is 5.91 Å². The van der Waals surface area contributed by atoms with Crippen molar-refractivity contribution in [3.63, 3.8) is 0 Å². The fraction of sp³-hybridized carbons (Fsp3) is 0.500. The van der Waals surface area contributed by atoms with Crippen LogP contribution in [0.15, 0.2) is 22.7 Å². The topological polar surface area (TPSA) is 63.1 Å². The van der Waals surface area contributed by atoms with Crippen molar-refractivity contribution in [3.05, 3.63) is 38.8 Å². The summed E-state index contributed by atoms with van der Waals surface area (Å²) in [4.78, 5) is 15.0. The van der Waals surface area contributed by atoms with Gasteiger partial charge in [-0.25, -0.2) is 0 Å². The van der Waals surface area contributed by atoms with Crippen molar-refractivity contribution >= 4 is 34.1 Å². The standard InChI is InChI=1S/C18H23BrN4O2S/c1-11(2)25-15-9-13(19)6-7-14(15)17(24)23-8-4-5-12(10-23)16-20-21-18(26)22(16)3/h6-7,9,11-12H,4-5,8,10H2,1-3H3,(H,21,26). The third kappa shape index (κ3) is 4.01. The summed E-state index contributed by atoms with van der Waals surface area (Å²) in [6, 6.07) is 5.55. The van der Waals surface area contributed by atoms with E-state index in [2.05, 4.69) is 26.1 Å². The molecule has 6 nitrogen and oxygen atoms in total. The molecule has 1 amide bonds. The van der Waals surface area contributed by atoms with Gasteiger partial charge in [0.1, 0.15) is 11.6 Å². The lowest BCUT2D eigenvalue weighted by Crippen LogP contribution is -2.40. The van der Waals surface area contributed by atoms with E-state index in [9.17, 15) is 4.79 Å². The molecule has 26 heavy (non-hydrogen) atoms. The van der Waals surface area contributed by atoms with E-state index in [4.69, 9.17) is 17.0 Å². The minimum atomic E-state index is -0.00497. The molecule has 1 aromatic heterocycles. The van der Waals surface area contributed by atoms with Crippen LogP contribution >= 0.6 is 28.1 Å². The smallest absolute Gasteiger partial charge is 0.257 e. The van der Waals surface area contributed by atoms with E-state index in [1.54, 1.807) is 0 Å². The number of carbonyl (C=O) groups excluding carboxylic acids is 1. The minimum Gasteiger partial charge on any atom is -0.490 e. The van der Waals surface area contributed by atoms with Gasteiger partial charge in [-0.1, -0.05) is 15.9 Å². The minimum absolute atomic E-state index is 0.00136. The van der Waals surface area contributed by atoms with Gasteiger partial charge in [-0.2, -0.15) is 5.10 Å². The largest absolute Gasteiger partial charge is 0.490 e. The SMILES string of the molecule is CC(C)Oc1cc(Br)ccc1C(=O)N1CCCC(c2n[nH]c(=S)n2C)C1. The normalized spacial score (nSPS) is 17.6. The number of amides is 1. The maximum atomic E-state index is 13.2. The van der Waals surface area contributed by atoms with Crippen molar-refractivity contribution in [2.75, 3.05) is 13.1 Å². The highest BCUT2D eigenvalue weighted by Crippen LogP contribution is 2.30. The Morgan fingerprint density at radius 1 is 1.46 bits per heavy atom. The molecule has 0 radical (unpaired) electrons. The number of hydrogen-bond acceptors (Lipinski definition) is 4. The molecular weight excluding hydrogens is 416 g/mol. The van der Waals surface area contributed by atoms with Gasteiger partial charge in [0.2, 0.25) is 0 Å². The van der Waals surface area contributed by atoms with Crippen LogP contribution in [0.1, 0.15) is 48.8 Å². The molecule has 1 fully saturated rings. The highest BCUT2D eigenvalue weighted by molar-refractivity contribution is 9.10. The number of nitrogens with one attached hydrogen (secondary N) is 1. The Labute approximate surface area is 166 Å². The van der Waals surface area contributed by atoms with Gasteiger partial charge in [0.15, 0.2) is 4.77 Å². The highest BCUT2D eigenvalue weighted by atomic mass is 79.9. The first-order valence-corrected chi connectivity index (χ1v) is 9.93. The monoisotopic (exact) mass is 438 g/mol. The average molecular weight is 439 g/mol. The summed E-state index contributed by atoms with van der Waals surface area (Å²) in [5, 5.41) is 7.18. The van der Waals surface area contributed by atoms with Crippen LogP contribution in [0, 0.1) is 4.77 Å². The molecule has 3 rings (SSSR count). The Hall–Kier alpha value is -1.67. The van der Waals surface area contributed by atoms with Crippen LogP contribution in [0.4, 0.5) is 0 Å². The number of carbonyl (C=O) groups is 1. The Morgan fingerprint density at radius 2 is 2.23 bits per heavy atom. The van der Waals surface area contributed by atoms with Crippen molar-refractivity contribution in [2.24, 2.45) is 7.05 Å². The molecule has 140 valence electrons. The number of likely N-dealkylation sites (tertiary alicyclic amines) is 1. The van der Waals surface area contributed by atoms with E-state index in [0.717, 1.165) is 29.7 Å². The zero-order valence-electron chi connectivity index (χ0n) is 15.2. The second-order valence-electron chi connectivity index (χ2n) is 6.84. The first-order chi connectivity index (χ1) is 12.4. The highest BCUT2D eigenvalue weighted by Gasteiger charge is 2.29. The van der Waals surface area contributed by atoms with E-state index < -0.39 is 0 Å². The fourth-order valence-corrected chi connectivity index (χ4v) is 3.77. The summed E-state index contributed by atoms with van der Waals surface area (Å²) in [5.41, 5.74) is 0.595. The molecule has 1 unspecified atom stereocenters. The van der Waals surface area contributed by atoms with E-state index >= 15 is 0 Å². The predicted molar refractivity (Wildman–Crippen MR) is 106 cm³/mol. The van der Waals surface area contributed by atoms with Crippen LogP contribution in [0.25, 0.3) is 0 Å². The number of nitrogens with zero attached hydrogens (tertiary/aromatic N) is 3. The summed E-state index contributed by atoms with van der Waals surface area (Å²) in [7, 11) is 1.91. The second-order valence-corrected chi connectivity index (χ2v) is 8.15. The van der Waals surface area contributed by atoms with Gasteiger partial charge >= 0.3 is 0 Å². The molecule has 0 bridgehead atoms. The third-order valence-corrected chi connectivity index (χ3v) is 5.38. The number of halogens is 1. The van der Waals surface area contributed by atoms with E-state index in [1.807, 2.05) is 48.6 Å². The summed E-state index contributed by atoms with van der Waals surface area (Å²) in [5.74, 6) is 1.69. The number of aromatic nitrogens is 3. The zero-order chi connectivity index (χ0) is 18.8. The summed E-state index contributed by atoms with van der Waals surface area (Å²) >= 11 is 8.67. The molecule has 0 saturated carbocycles. The van der Waals surface area contributed by atoms with Crippen LogP contribution in [0.3, 0.4) is 0 Å². The van der Waals surface area contributed by atoms with Gasteiger partial charge in [-0.3, -0.25) is 9.89 Å². The number of aromatic amines is 1. The molecule has 1 aliphatic heterocycles. The fourth-order valence-electron chi connectivity index (χ4n) is 3.29. The second kappa shape index (κ2) is 7.92. The first kappa shape index (κ1) is 19.1. The number of piperidine rings is 1. The van der Waals surface area contributed by atoms with Gasteiger partial charge in [0.05, 0.1) is 11.7 Å². The Morgan fingerprint density at radius 3 is 2.88 bits per heavy atom. The Bertz CT molecular complexity index is 861. The van der Waals surface area contributed by atoms with Crippen LogP contribution in [0.5, 0.6) is 5.75 Å². The van der Waals surface area contributed by atoms with Crippen LogP contribution in [0.2, 0.25) is 0 Å². The molecule has 8 heteroatoms. The Kier molecular flexibility index (Phi) is 5.82. The number of ether oxygens (including phenoxy) is 1. The average Bonchev–Trinajstić information content (AvgIpc) is 2.93. The summed E-state index contributed by atoms with van der Waals surface area (Å²) in [6.45, 7) is 5.27. The number of benzene rings is 1. The lowest BCUT2D eigenvalue weighted by Gasteiger charge is -2.32. The maximum Gasteiger partial charge on any atom is 0.257 e. The number of rotatable bonds is 4. The van der Waals surface area contributed by atoms with Gasteiger partial charge in [-0.15, -0.1) is 0 Å². The summed E-state index contributed by atoms with van der Waals surface area (Å²) < 4.78 is 9.24. The molecular formula is C18H23BrN4O2S. The molecule has 0 spiro atoms. The van der Waals surface area contributed by atoms with E-state index in [0.29, 0.717) is 22.6 Å². The molecule has 2 aromatic rings. The summed E-state index contributed by atoms with van der Waals surface area (Å²) in [6.07, 6.45) is 1.93. The molecule has 2 heterocycles. The number of H-pyrrole nitrogens is 1. The van der Waals surface area contributed by atoms with Crippen molar-refractivity contribution in [3.8, 4) is 5.75 Å². The lowest BCUT2D eigenvalue weighted by molar-refractivity contribution is 0.0697. The number of hydrogen-bond donors (Lipinski definition) is 1. The van der Waals surface area contributed by atoms with Crippen molar-refractivity contribution in [1.82, 2.24) is 19.7 Å². The third-order valence-electron chi connectivity index (χ3n) is 4.52. The molecule has 1 N–H and O–H groups in total. The maximum absolute atomic E-state index is 13.2. The van der Waals surface area contributed by atoms with Crippen LogP contribution in [-0.4, -0.2) is 44.8 Å². The van der Waals surface area contributed by atoms with Crippen molar-refractivity contribution in [1.29, 1.82) is 0 Å². The Balaban J connectivity index is 1.84. The van der Waals surface area contributed by atoms with E-state index in [1.165, 1.54) is 0 Å². The van der Waals surface area contributed by atoms with Crippen molar-refractivity contribution in [2.45, 2.75) is 38.7 Å². The predicted octanol–water partition coefficient (Wildman–Crippen LogP) is 4.05. The van der Waals surface area contributed by atoms with E-state index in [-0.39, 0.29) is 17.9 Å². The van der Waals surface area contributed by atoms with Crippen LogP contribution < -0.4 is 4.74 Å². The molecule has 1 atom stereocenters. The van der Waals surface area contributed by atoms with Crippen LogP contribution in [-0.2, 0) is 7.05 Å². The molecule has 0 aliphatic carbocycles. The van der Waals surface area contributed by atoms with Crippen molar-refractivity contribution < 1.29 is 9.53 Å². The lowest BCUT2D eigenvalue weighted by atomic mass is 9.96. The van der Waals surface area contributed by atoms with Gasteiger partial charge in [-0.05, 0) is 57.1 Å². The zero-order valence-corrected chi connectivity index (χ0v) is 17.6. The molecule has 1 aliphatic rings. The first-order valence-electron chi connectivity index (χ1n) is 8.73. The molecule has 1 aromatic carbocycles. The quantitative estimate of drug-likeness (QED) is 0.731. The van der Waals surface area contributed by atoms with Gasteiger partial charge < -0.3 is 14.2 Å². The van der Waals surface area contributed by atoms with Gasteiger partial charge in [0, 0.05) is 30.5 Å². The molecule has 1 saturated heterocycles.